The van der Waals surface area contributed by atoms with Crippen molar-refractivity contribution in [1.82, 2.24) is 15.1 Å². The zero-order valence-electron chi connectivity index (χ0n) is 15.3. The molecule has 2 aromatic rings. The van der Waals surface area contributed by atoms with E-state index in [4.69, 9.17) is 9.15 Å². The number of hydrogen-bond donors (Lipinski definition) is 2. The van der Waals surface area contributed by atoms with Gasteiger partial charge < -0.3 is 29.7 Å². The quantitative estimate of drug-likeness (QED) is 0.474. The first-order chi connectivity index (χ1) is 12.9. The molecule has 12 heteroatoms. The Bertz CT molecular complexity index is 884. The summed E-state index contributed by atoms with van der Waals surface area (Å²) in [5.41, 5.74) is -0.758. The highest BCUT2D eigenvalue weighted by molar-refractivity contribution is 9.10. The lowest BCUT2D eigenvalue weighted by Crippen LogP contribution is -2.44. The van der Waals surface area contributed by atoms with Gasteiger partial charge in [0.1, 0.15) is 34.2 Å². The molecule has 0 aromatic carbocycles. The van der Waals surface area contributed by atoms with Gasteiger partial charge in [0.2, 0.25) is 0 Å². The van der Waals surface area contributed by atoms with Gasteiger partial charge in [-0.2, -0.15) is 4.68 Å². The summed E-state index contributed by atoms with van der Waals surface area (Å²) >= 11 is 3.06. The number of furan rings is 1. The number of rotatable bonds is 7. The van der Waals surface area contributed by atoms with Crippen molar-refractivity contribution < 1.29 is 28.8 Å². The van der Waals surface area contributed by atoms with Gasteiger partial charge in [-0.3, -0.25) is 0 Å². The van der Waals surface area contributed by atoms with Crippen LogP contribution in [0.25, 0.3) is 0 Å². The maximum absolute atomic E-state index is 11.8. The SMILES string of the molecule is CC(C)(C)OC(=O)NC(Cc1ccc(Cn2cc(Br)c([N+](=O)[O-])n2)o1)C(=O)O. The van der Waals surface area contributed by atoms with Crippen LogP contribution < -0.4 is 5.32 Å². The second kappa shape index (κ2) is 8.42. The number of aromatic nitrogens is 2. The Morgan fingerprint density at radius 2 is 2.07 bits per heavy atom. The monoisotopic (exact) mass is 458 g/mol. The van der Waals surface area contributed by atoms with Crippen molar-refractivity contribution >= 4 is 33.8 Å². The van der Waals surface area contributed by atoms with Crippen molar-refractivity contribution in [2.24, 2.45) is 0 Å². The summed E-state index contributed by atoms with van der Waals surface area (Å²) < 4.78 is 12.2. The second-order valence-electron chi connectivity index (χ2n) is 6.86. The molecule has 1 atom stereocenters. The average Bonchev–Trinajstić information content (AvgIpc) is 3.11. The number of nitrogens with zero attached hydrogens (tertiary/aromatic N) is 3. The number of carboxylic acids is 1. The Kier molecular flexibility index (Phi) is 6.44. The first-order valence-electron chi connectivity index (χ1n) is 8.12. The van der Waals surface area contributed by atoms with Crippen molar-refractivity contribution in [3.63, 3.8) is 0 Å². The number of nitrogens with one attached hydrogen (secondary N) is 1. The smallest absolute Gasteiger partial charge is 0.408 e. The number of carbonyl (C=O) groups is 2. The number of carbonyl (C=O) groups excluding carboxylic acids is 1. The van der Waals surface area contributed by atoms with E-state index in [9.17, 15) is 24.8 Å². The fourth-order valence-corrected chi connectivity index (χ4v) is 2.68. The third-order valence-electron chi connectivity index (χ3n) is 3.30. The van der Waals surface area contributed by atoms with Crippen LogP contribution in [0, 0.1) is 10.1 Å². The molecule has 0 aliphatic carbocycles. The fourth-order valence-electron chi connectivity index (χ4n) is 2.22. The molecule has 0 aliphatic heterocycles. The van der Waals surface area contributed by atoms with Gasteiger partial charge in [0, 0.05) is 6.42 Å². The fraction of sp³-hybridized carbons (Fsp3) is 0.438. The van der Waals surface area contributed by atoms with E-state index < -0.39 is 28.6 Å². The Morgan fingerprint density at radius 3 is 2.61 bits per heavy atom. The van der Waals surface area contributed by atoms with E-state index in [1.54, 1.807) is 32.9 Å². The largest absolute Gasteiger partial charge is 0.480 e. The summed E-state index contributed by atoms with van der Waals surface area (Å²) in [6.45, 7) is 5.11. The highest BCUT2D eigenvalue weighted by Crippen LogP contribution is 2.23. The van der Waals surface area contributed by atoms with Crippen molar-refractivity contribution in [2.75, 3.05) is 0 Å². The Balaban J connectivity index is 2.03. The van der Waals surface area contributed by atoms with Crippen LogP contribution in [0.4, 0.5) is 10.6 Å². The topological polar surface area (TPSA) is 150 Å². The second-order valence-corrected chi connectivity index (χ2v) is 7.72. The van der Waals surface area contributed by atoms with Gasteiger partial charge >= 0.3 is 17.9 Å². The van der Waals surface area contributed by atoms with E-state index in [0.717, 1.165) is 0 Å². The summed E-state index contributed by atoms with van der Waals surface area (Å²) in [6, 6.07) is 1.92. The minimum absolute atomic E-state index is 0.0997. The van der Waals surface area contributed by atoms with Crippen molar-refractivity contribution in [2.45, 2.75) is 45.4 Å². The minimum Gasteiger partial charge on any atom is -0.480 e. The predicted octanol–water partition coefficient (Wildman–Crippen LogP) is 2.72. The lowest BCUT2D eigenvalue weighted by Gasteiger charge is -2.21. The molecule has 2 heterocycles. The van der Waals surface area contributed by atoms with Crippen LogP contribution in [0.3, 0.4) is 0 Å². The molecule has 1 unspecified atom stereocenters. The van der Waals surface area contributed by atoms with Gasteiger partial charge in [-0.15, -0.1) is 0 Å². The van der Waals surface area contributed by atoms with Crippen LogP contribution in [0.15, 0.2) is 27.2 Å². The van der Waals surface area contributed by atoms with Crippen LogP contribution >= 0.6 is 15.9 Å². The van der Waals surface area contributed by atoms with Crippen molar-refractivity contribution in [1.29, 1.82) is 0 Å². The maximum Gasteiger partial charge on any atom is 0.408 e. The number of halogens is 1. The third kappa shape index (κ3) is 6.08. The van der Waals surface area contributed by atoms with Gasteiger partial charge in [0.25, 0.3) is 0 Å². The van der Waals surface area contributed by atoms with Gasteiger partial charge in [-0.05, 0) is 53.8 Å². The molecule has 0 radical (unpaired) electrons. The van der Waals surface area contributed by atoms with Gasteiger partial charge in [-0.25, -0.2) is 9.59 Å². The number of hydrogen-bond acceptors (Lipinski definition) is 7. The van der Waals surface area contributed by atoms with Crippen molar-refractivity contribution in [3.05, 3.63) is 44.4 Å². The molecular formula is C16H19BrN4O7. The first kappa shape index (κ1) is 21.4. The van der Waals surface area contributed by atoms with Crippen molar-refractivity contribution in [3.8, 4) is 0 Å². The maximum atomic E-state index is 11.8. The van der Waals surface area contributed by atoms with E-state index >= 15 is 0 Å². The lowest BCUT2D eigenvalue weighted by atomic mass is 10.1. The molecule has 2 rings (SSSR count). The van der Waals surface area contributed by atoms with Crippen LogP contribution in [0.1, 0.15) is 32.3 Å². The number of amides is 1. The number of alkyl carbamates (subject to hydrolysis) is 1. The average molecular weight is 459 g/mol. The summed E-state index contributed by atoms with van der Waals surface area (Å²) in [4.78, 5) is 33.4. The van der Waals surface area contributed by atoms with Gasteiger partial charge in [0.05, 0.1) is 11.3 Å². The van der Waals surface area contributed by atoms with Crippen LogP contribution in [-0.2, 0) is 22.5 Å². The Hall–Kier alpha value is -2.89. The van der Waals surface area contributed by atoms with E-state index in [1.807, 2.05) is 0 Å². The molecule has 0 bridgehead atoms. The van der Waals surface area contributed by atoms with E-state index in [0.29, 0.717) is 11.5 Å². The molecule has 0 aliphatic rings. The summed E-state index contributed by atoms with van der Waals surface area (Å²) in [5.74, 6) is -0.824. The molecule has 1 amide bonds. The highest BCUT2D eigenvalue weighted by atomic mass is 79.9. The summed E-state index contributed by atoms with van der Waals surface area (Å²) in [5, 5.41) is 26.2. The Labute approximate surface area is 167 Å². The molecule has 2 aromatic heterocycles. The zero-order chi connectivity index (χ0) is 21.1. The predicted molar refractivity (Wildman–Crippen MR) is 98.9 cm³/mol. The van der Waals surface area contributed by atoms with Crippen LogP contribution in [0.5, 0.6) is 0 Å². The molecule has 0 spiro atoms. The van der Waals surface area contributed by atoms with Gasteiger partial charge in [-0.1, -0.05) is 0 Å². The molecule has 11 nitrogen and oxygen atoms in total. The molecule has 28 heavy (non-hydrogen) atoms. The number of aliphatic carboxylic acids is 1. The molecular weight excluding hydrogens is 440 g/mol. The lowest BCUT2D eigenvalue weighted by molar-refractivity contribution is -0.390. The Morgan fingerprint density at radius 1 is 1.43 bits per heavy atom. The molecule has 0 saturated carbocycles. The molecule has 0 saturated heterocycles. The molecule has 152 valence electrons. The zero-order valence-corrected chi connectivity index (χ0v) is 16.9. The third-order valence-corrected chi connectivity index (χ3v) is 3.86. The highest BCUT2D eigenvalue weighted by Gasteiger charge is 2.25. The van der Waals surface area contributed by atoms with E-state index in [-0.39, 0.29) is 23.3 Å². The number of nitro groups is 1. The number of carboxylic acid groups (broad SMARTS) is 1. The molecule has 0 fully saturated rings. The standard InChI is InChI=1S/C16H19BrN4O7/c1-16(2,3)28-15(24)18-12(14(22)23)6-9-4-5-10(27-9)7-20-8-11(17)13(19-20)21(25)26/h4-5,8,12H,6-7H2,1-3H3,(H,18,24)(H,22,23). The molecule has 2 N–H and O–H groups in total. The van der Waals surface area contributed by atoms with E-state index in [2.05, 4.69) is 26.3 Å². The normalized spacial score (nSPS) is 12.4. The van der Waals surface area contributed by atoms with Crippen LogP contribution in [0.2, 0.25) is 0 Å². The first-order valence-corrected chi connectivity index (χ1v) is 8.91. The minimum atomic E-state index is -1.24. The van der Waals surface area contributed by atoms with Gasteiger partial charge in [0.15, 0.2) is 0 Å². The summed E-state index contributed by atoms with van der Waals surface area (Å²) in [6.07, 6.45) is 0.488. The summed E-state index contributed by atoms with van der Waals surface area (Å²) in [7, 11) is 0. The van der Waals surface area contributed by atoms with E-state index in [1.165, 1.54) is 10.9 Å². The van der Waals surface area contributed by atoms with Crippen LogP contribution in [-0.4, -0.2) is 43.5 Å². The number of ether oxygens (including phenoxy) is 1.